The van der Waals surface area contributed by atoms with E-state index in [1.165, 1.54) is 11.3 Å². The molecule has 0 radical (unpaired) electrons. The predicted molar refractivity (Wildman–Crippen MR) is 65.1 cm³/mol. The van der Waals surface area contributed by atoms with Gasteiger partial charge in [-0.3, -0.25) is 0 Å². The van der Waals surface area contributed by atoms with Crippen molar-refractivity contribution in [1.29, 1.82) is 0 Å². The van der Waals surface area contributed by atoms with E-state index < -0.39 is 0 Å². The second-order valence-corrected chi connectivity index (χ2v) is 5.28. The molecule has 0 aliphatic heterocycles. The smallest absolute Gasteiger partial charge is 0.225 e. The topological polar surface area (TPSA) is 58.0 Å². The molecule has 2 aromatic heterocycles. The number of aliphatic hydroxyl groups is 1. The van der Waals surface area contributed by atoms with Crippen molar-refractivity contribution in [3.05, 3.63) is 16.7 Å². The molecule has 1 aliphatic carbocycles. The van der Waals surface area contributed by atoms with Gasteiger partial charge in [-0.25, -0.2) is 9.97 Å². The third-order valence-corrected chi connectivity index (χ3v) is 3.81. The molecule has 0 unspecified atom stereocenters. The van der Waals surface area contributed by atoms with E-state index >= 15 is 0 Å². The Bertz CT molecular complexity index is 538. The Morgan fingerprint density at radius 2 is 2.31 bits per heavy atom. The van der Waals surface area contributed by atoms with E-state index in [-0.39, 0.29) is 17.4 Å². The van der Waals surface area contributed by atoms with Crippen LogP contribution in [0.4, 0.5) is 5.82 Å². The highest BCUT2D eigenvalue weighted by Crippen LogP contribution is 2.39. The number of thiophene rings is 1. The summed E-state index contributed by atoms with van der Waals surface area (Å²) < 4.78 is 0. The normalized spacial score (nSPS) is 17.6. The van der Waals surface area contributed by atoms with Crippen LogP contribution in [0.5, 0.6) is 0 Å². The van der Waals surface area contributed by atoms with Gasteiger partial charge in [-0.05, 0) is 35.9 Å². The van der Waals surface area contributed by atoms with Crippen molar-refractivity contribution in [3.63, 3.8) is 0 Å². The van der Waals surface area contributed by atoms with E-state index in [2.05, 4.69) is 15.3 Å². The van der Waals surface area contributed by atoms with Crippen molar-refractivity contribution in [2.45, 2.75) is 18.4 Å². The number of hydrogen-bond acceptors (Lipinski definition) is 5. The van der Waals surface area contributed by atoms with Crippen molar-refractivity contribution in [1.82, 2.24) is 9.97 Å². The van der Waals surface area contributed by atoms with Crippen LogP contribution in [0.2, 0.25) is 5.28 Å². The zero-order chi connectivity index (χ0) is 11.2. The number of aromatic nitrogens is 2. The number of anilines is 1. The lowest BCUT2D eigenvalue weighted by atomic mass is 10.2. The van der Waals surface area contributed by atoms with Crippen molar-refractivity contribution < 1.29 is 5.11 Å². The first kappa shape index (κ1) is 10.3. The maximum atomic E-state index is 9.27. The molecule has 0 saturated heterocycles. The molecule has 84 valence electrons. The van der Waals surface area contributed by atoms with E-state index in [1.54, 1.807) is 0 Å². The fraction of sp³-hybridized carbons (Fsp3) is 0.400. The van der Waals surface area contributed by atoms with Gasteiger partial charge < -0.3 is 10.4 Å². The van der Waals surface area contributed by atoms with Gasteiger partial charge in [-0.15, -0.1) is 11.3 Å². The highest BCUT2D eigenvalue weighted by molar-refractivity contribution is 7.16. The number of halogens is 1. The molecule has 6 heteroatoms. The van der Waals surface area contributed by atoms with Crippen LogP contribution in [0.3, 0.4) is 0 Å². The Kier molecular flexibility index (Phi) is 2.27. The molecule has 4 nitrogen and oxygen atoms in total. The summed E-state index contributed by atoms with van der Waals surface area (Å²) >= 11 is 7.39. The van der Waals surface area contributed by atoms with Crippen LogP contribution in [-0.2, 0) is 0 Å². The highest BCUT2D eigenvalue weighted by atomic mass is 35.5. The lowest BCUT2D eigenvalue weighted by molar-refractivity contribution is 0.266. The first-order valence-corrected chi connectivity index (χ1v) is 6.28. The molecule has 0 aromatic carbocycles. The van der Waals surface area contributed by atoms with Gasteiger partial charge in [0, 0.05) is 0 Å². The Hall–Kier alpha value is -0.910. The number of fused-ring (bicyclic) bond motifs is 1. The fourth-order valence-electron chi connectivity index (χ4n) is 1.65. The first-order valence-electron chi connectivity index (χ1n) is 5.02. The lowest BCUT2D eigenvalue weighted by Crippen LogP contribution is -2.26. The summed E-state index contributed by atoms with van der Waals surface area (Å²) in [6.45, 7) is 0.125. The zero-order valence-corrected chi connectivity index (χ0v) is 9.98. The average molecular weight is 256 g/mol. The van der Waals surface area contributed by atoms with Crippen molar-refractivity contribution in [2.75, 3.05) is 11.9 Å². The number of nitrogens with zero attached hydrogens (tertiary/aromatic N) is 2. The second kappa shape index (κ2) is 3.55. The summed E-state index contributed by atoms with van der Waals surface area (Å²) in [5.41, 5.74) is -0.188. The summed E-state index contributed by atoms with van der Waals surface area (Å²) in [5.74, 6) is 0.725. The first-order chi connectivity index (χ1) is 7.72. The quantitative estimate of drug-likeness (QED) is 0.827. The molecule has 1 saturated carbocycles. The maximum absolute atomic E-state index is 9.27. The van der Waals surface area contributed by atoms with Crippen LogP contribution in [0.1, 0.15) is 12.8 Å². The number of rotatable bonds is 3. The minimum absolute atomic E-state index is 0.125. The summed E-state index contributed by atoms with van der Waals surface area (Å²) in [4.78, 5) is 9.20. The summed E-state index contributed by atoms with van der Waals surface area (Å²) in [5, 5.41) is 15.7. The molecule has 16 heavy (non-hydrogen) atoms. The number of nitrogens with one attached hydrogen (secondary N) is 1. The lowest BCUT2D eigenvalue weighted by Gasteiger charge is -2.15. The Morgan fingerprint density at radius 1 is 1.50 bits per heavy atom. The van der Waals surface area contributed by atoms with E-state index in [0.29, 0.717) is 0 Å². The fourth-order valence-corrected chi connectivity index (χ4v) is 2.63. The Morgan fingerprint density at radius 3 is 3.00 bits per heavy atom. The largest absolute Gasteiger partial charge is 0.394 e. The van der Waals surface area contributed by atoms with Gasteiger partial charge in [0.05, 0.1) is 17.5 Å². The van der Waals surface area contributed by atoms with Gasteiger partial charge >= 0.3 is 0 Å². The SMILES string of the molecule is OCC1(Nc2nc(Cl)nc3sccc23)CC1. The Labute approximate surface area is 101 Å². The van der Waals surface area contributed by atoms with E-state index in [4.69, 9.17) is 11.6 Å². The predicted octanol–water partition coefficient (Wildman–Crippen LogP) is 2.28. The number of aliphatic hydroxyl groups excluding tert-OH is 1. The maximum Gasteiger partial charge on any atom is 0.225 e. The molecule has 0 spiro atoms. The average Bonchev–Trinajstić information content (AvgIpc) is 2.87. The van der Waals surface area contributed by atoms with Crippen LogP contribution in [-0.4, -0.2) is 27.2 Å². The molecule has 2 heterocycles. The van der Waals surface area contributed by atoms with Crippen LogP contribution >= 0.6 is 22.9 Å². The minimum Gasteiger partial charge on any atom is -0.394 e. The van der Waals surface area contributed by atoms with E-state index in [1.807, 2.05) is 11.4 Å². The minimum atomic E-state index is -0.188. The Balaban J connectivity index is 2.05. The molecule has 1 fully saturated rings. The summed E-state index contributed by atoms with van der Waals surface area (Å²) in [7, 11) is 0. The molecule has 1 aliphatic rings. The third-order valence-electron chi connectivity index (χ3n) is 2.84. The van der Waals surface area contributed by atoms with Gasteiger partial charge in [0.15, 0.2) is 0 Å². The van der Waals surface area contributed by atoms with Gasteiger partial charge in [0.25, 0.3) is 0 Å². The zero-order valence-electron chi connectivity index (χ0n) is 8.40. The molecule has 3 rings (SSSR count). The van der Waals surface area contributed by atoms with Crippen LogP contribution < -0.4 is 5.32 Å². The van der Waals surface area contributed by atoms with Crippen molar-refractivity contribution >= 4 is 39.0 Å². The van der Waals surface area contributed by atoms with Crippen molar-refractivity contribution in [2.24, 2.45) is 0 Å². The van der Waals surface area contributed by atoms with Crippen LogP contribution in [0, 0.1) is 0 Å². The monoisotopic (exact) mass is 255 g/mol. The molecule has 0 atom stereocenters. The van der Waals surface area contributed by atoms with E-state index in [9.17, 15) is 5.11 Å². The molecule has 2 aromatic rings. The van der Waals surface area contributed by atoms with Gasteiger partial charge in [-0.2, -0.15) is 0 Å². The number of hydrogen-bond donors (Lipinski definition) is 2. The summed E-state index contributed by atoms with van der Waals surface area (Å²) in [6.07, 6.45) is 1.94. The third kappa shape index (κ3) is 1.65. The molecule has 2 N–H and O–H groups in total. The van der Waals surface area contributed by atoms with Gasteiger partial charge in [0.1, 0.15) is 10.6 Å². The molecular formula is C10H10ClN3OS. The summed E-state index contributed by atoms with van der Waals surface area (Å²) in [6, 6.07) is 1.96. The van der Waals surface area contributed by atoms with Gasteiger partial charge in [0.2, 0.25) is 5.28 Å². The second-order valence-electron chi connectivity index (χ2n) is 4.04. The van der Waals surface area contributed by atoms with E-state index in [0.717, 1.165) is 28.9 Å². The van der Waals surface area contributed by atoms with Crippen LogP contribution in [0.15, 0.2) is 11.4 Å². The molecule has 0 bridgehead atoms. The highest BCUT2D eigenvalue weighted by Gasteiger charge is 2.42. The standard InChI is InChI=1S/C10H10ClN3OS/c11-9-12-7(14-10(5-15)2-3-10)6-1-4-16-8(6)13-9/h1,4,15H,2-3,5H2,(H,12,13,14). The molecular weight excluding hydrogens is 246 g/mol. The van der Waals surface area contributed by atoms with Gasteiger partial charge in [-0.1, -0.05) is 0 Å². The molecule has 0 amide bonds. The van der Waals surface area contributed by atoms with Crippen molar-refractivity contribution in [3.8, 4) is 0 Å². The van der Waals surface area contributed by atoms with Crippen LogP contribution in [0.25, 0.3) is 10.2 Å².